The predicted molar refractivity (Wildman–Crippen MR) is 78.7 cm³/mol. The highest BCUT2D eigenvalue weighted by Crippen LogP contribution is 2.32. The van der Waals surface area contributed by atoms with E-state index < -0.39 is 0 Å². The minimum absolute atomic E-state index is 0. The van der Waals surface area contributed by atoms with Crippen molar-refractivity contribution in [2.24, 2.45) is 5.92 Å². The third-order valence-corrected chi connectivity index (χ3v) is 4.81. The van der Waals surface area contributed by atoms with Crippen LogP contribution in [0.25, 0.3) is 0 Å². The van der Waals surface area contributed by atoms with E-state index in [1.165, 1.54) is 12.8 Å². The summed E-state index contributed by atoms with van der Waals surface area (Å²) in [6, 6.07) is 0.961. The fourth-order valence-electron chi connectivity index (χ4n) is 3.81. The van der Waals surface area contributed by atoms with Gasteiger partial charge in [-0.2, -0.15) is 0 Å². The molecule has 3 unspecified atom stereocenters. The Morgan fingerprint density at radius 2 is 1.95 bits per heavy atom. The maximum atomic E-state index is 12.1. The van der Waals surface area contributed by atoms with Crippen molar-refractivity contribution < 1.29 is 9.59 Å². The van der Waals surface area contributed by atoms with Gasteiger partial charge in [-0.05, 0) is 38.0 Å². The van der Waals surface area contributed by atoms with E-state index in [2.05, 4.69) is 10.6 Å². The van der Waals surface area contributed by atoms with E-state index in [1.807, 2.05) is 0 Å². The Bertz CT molecular complexity index is 379. The second-order valence-corrected chi connectivity index (χ2v) is 6.35. The SMILES string of the molecule is CN1CCC(NC(=O)CC2CC3CCC(C2)N3)C1=O.Cl. The average molecular weight is 302 g/mol. The lowest BCUT2D eigenvalue weighted by Gasteiger charge is -2.28. The zero-order valence-corrected chi connectivity index (χ0v) is 12.7. The van der Waals surface area contributed by atoms with E-state index in [9.17, 15) is 9.59 Å². The second kappa shape index (κ2) is 6.31. The van der Waals surface area contributed by atoms with Crippen LogP contribution in [0.2, 0.25) is 0 Å². The van der Waals surface area contributed by atoms with E-state index >= 15 is 0 Å². The van der Waals surface area contributed by atoms with Crippen molar-refractivity contribution in [3.8, 4) is 0 Å². The smallest absolute Gasteiger partial charge is 0.244 e. The molecule has 0 radical (unpaired) electrons. The Morgan fingerprint density at radius 1 is 1.30 bits per heavy atom. The molecule has 0 aromatic heterocycles. The summed E-state index contributed by atoms with van der Waals surface area (Å²) in [6.07, 6.45) is 6.08. The topological polar surface area (TPSA) is 61.4 Å². The van der Waals surface area contributed by atoms with Crippen molar-refractivity contribution in [1.29, 1.82) is 0 Å². The van der Waals surface area contributed by atoms with Gasteiger partial charge in [-0.3, -0.25) is 9.59 Å². The number of rotatable bonds is 3. The van der Waals surface area contributed by atoms with E-state index in [0.717, 1.165) is 25.8 Å². The lowest BCUT2D eigenvalue weighted by Crippen LogP contribution is -2.43. The van der Waals surface area contributed by atoms with Crippen molar-refractivity contribution >= 4 is 24.2 Å². The van der Waals surface area contributed by atoms with E-state index in [4.69, 9.17) is 0 Å². The molecule has 0 aromatic carbocycles. The molecule has 3 aliphatic rings. The van der Waals surface area contributed by atoms with Crippen molar-refractivity contribution in [2.75, 3.05) is 13.6 Å². The standard InChI is InChI=1S/C14H23N3O2.ClH/c1-17-5-4-12(14(17)19)16-13(18)8-9-6-10-2-3-11(7-9)15-10;/h9-12,15H,2-8H2,1H3,(H,16,18);1H. The number of amides is 2. The van der Waals surface area contributed by atoms with Crippen LogP contribution in [0.15, 0.2) is 0 Å². The summed E-state index contributed by atoms with van der Waals surface area (Å²) in [5.74, 6) is 0.603. The van der Waals surface area contributed by atoms with Gasteiger partial charge in [0.25, 0.3) is 0 Å². The lowest BCUT2D eigenvalue weighted by molar-refractivity contribution is -0.132. The third-order valence-electron chi connectivity index (χ3n) is 4.81. The maximum absolute atomic E-state index is 12.1. The molecule has 2 bridgehead atoms. The van der Waals surface area contributed by atoms with Crippen molar-refractivity contribution in [2.45, 2.75) is 56.7 Å². The molecular formula is C14H24ClN3O2. The Hall–Kier alpha value is -0.810. The number of nitrogens with one attached hydrogen (secondary N) is 2. The molecule has 3 heterocycles. The Morgan fingerprint density at radius 3 is 2.50 bits per heavy atom. The van der Waals surface area contributed by atoms with Crippen molar-refractivity contribution in [3.63, 3.8) is 0 Å². The molecular weight excluding hydrogens is 278 g/mol. The summed E-state index contributed by atoms with van der Waals surface area (Å²) < 4.78 is 0. The molecule has 3 fully saturated rings. The monoisotopic (exact) mass is 301 g/mol. The first kappa shape index (κ1) is 15.6. The molecule has 0 aromatic rings. The predicted octanol–water partition coefficient (Wildman–Crippen LogP) is 0.676. The molecule has 6 heteroatoms. The zero-order chi connectivity index (χ0) is 13.4. The van der Waals surface area contributed by atoms with Crippen LogP contribution in [0.1, 0.15) is 38.5 Å². The molecule has 0 spiro atoms. The summed E-state index contributed by atoms with van der Waals surface area (Å²) in [4.78, 5) is 25.5. The van der Waals surface area contributed by atoms with Crippen LogP contribution >= 0.6 is 12.4 Å². The lowest BCUT2D eigenvalue weighted by atomic mass is 9.89. The number of hydrogen-bond donors (Lipinski definition) is 2. The van der Waals surface area contributed by atoms with Gasteiger partial charge >= 0.3 is 0 Å². The van der Waals surface area contributed by atoms with Crippen molar-refractivity contribution in [1.82, 2.24) is 15.5 Å². The van der Waals surface area contributed by atoms with Crippen molar-refractivity contribution in [3.05, 3.63) is 0 Å². The summed E-state index contributed by atoms with van der Waals surface area (Å²) in [7, 11) is 1.79. The number of carbonyl (C=O) groups excluding carboxylic acids is 2. The molecule has 3 rings (SSSR count). The molecule has 0 saturated carbocycles. The van der Waals surface area contributed by atoms with E-state index in [0.29, 0.717) is 24.4 Å². The number of likely N-dealkylation sites (tertiary alicyclic amines) is 1. The van der Waals surface area contributed by atoms with Gasteiger partial charge in [0.15, 0.2) is 0 Å². The summed E-state index contributed by atoms with van der Waals surface area (Å²) in [6.45, 7) is 0.751. The number of halogens is 1. The Labute approximate surface area is 126 Å². The van der Waals surface area contributed by atoms with Crippen LogP contribution in [0, 0.1) is 5.92 Å². The number of fused-ring (bicyclic) bond motifs is 2. The molecule has 114 valence electrons. The summed E-state index contributed by atoms with van der Waals surface area (Å²) in [5.41, 5.74) is 0. The van der Waals surface area contributed by atoms with Crippen LogP contribution < -0.4 is 10.6 Å². The highest BCUT2D eigenvalue weighted by molar-refractivity contribution is 5.89. The zero-order valence-electron chi connectivity index (χ0n) is 11.9. The maximum Gasteiger partial charge on any atom is 0.244 e. The first-order valence-electron chi connectivity index (χ1n) is 7.42. The van der Waals surface area contributed by atoms with Gasteiger partial charge in [0.2, 0.25) is 11.8 Å². The first-order valence-corrected chi connectivity index (χ1v) is 7.42. The van der Waals surface area contributed by atoms with E-state index in [1.54, 1.807) is 11.9 Å². The molecule has 3 saturated heterocycles. The number of hydrogen-bond acceptors (Lipinski definition) is 3. The number of likely N-dealkylation sites (N-methyl/N-ethyl adjacent to an activating group) is 1. The molecule has 0 aliphatic carbocycles. The number of piperidine rings is 1. The highest BCUT2D eigenvalue weighted by atomic mass is 35.5. The van der Waals surface area contributed by atoms with Gasteiger partial charge in [0, 0.05) is 32.1 Å². The Balaban J connectivity index is 0.00000147. The number of carbonyl (C=O) groups is 2. The fourth-order valence-corrected chi connectivity index (χ4v) is 3.81. The largest absolute Gasteiger partial charge is 0.344 e. The van der Waals surface area contributed by atoms with Gasteiger partial charge in [0.05, 0.1) is 0 Å². The number of nitrogens with zero attached hydrogens (tertiary/aromatic N) is 1. The Kier molecular flexibility index (Phi) is 4.91. The second-order valence-electron chi connectivity index (χ2n) is 6.35. The molecule has 2 N–H and O–H groups in total. The molecule has 2 amide bonds. The quantitative estimate of drug-likeness (QED) is 0.806. The van der Waals surface area contributed by atoms with Crippen LogP contribution in [0.4, 0.5) is 0 Å². The van der Waals surface area contributed by atoms with Gasteiger partial charge in [-0.1, -0.05) is 0 Å². The molecule has 3 aliphatic heterocycles. The summed E-state index contributed by atoms with van der Waals surface area (Å²) >= 11 is 0. The van der Waals surface area contributed by atoms with Crippen LogP contribution in [-0.4, -0.2) is 48.4 Å². The minimum Gasteiger partial charge on any atom is -0.344 e. The van der Waals surface area contributed by atoms with Gasteiger partial charge in [-0.15, -0.1) is 12.4 Å². The minimum atomic E-state index is -0.282. The third kappa shape index (κ3) is 3.26. The average Bonchev–Trinajstić information content (AvgIpc) is 2.86. The molecule has 5 nitrogen and oxygen atoms in total. The van der Waals surface area contributed by atoms with Crippen LogP contribution in [0.3, 0.4) is 0 Å². The summed E-state index contributed by atoms with van der Waals surface area (Å²) in [5, 5.41) is 6.49. The normalized spacial score (nSPS) is 35.9. The van der Waals surface area contributed by atoms with E-state index in [-0.39, 0.29) is 30.3 Å². The first-order chi connectivity index (χ1) is 9.11. The molecule has 20 heavy (non-hydrogen) atoms. The highest BCUT2D eigenvalue weighted by Gasteiger charge is 2.35. The molecule has 3 atom stereocenters. The van der Waals surface area contributed by atoms with Crippen LogP contribution in [-0.2, 0) is 9.59 Å². The van der Waals surface area contributed by atoms with Gasteiger partial charge in [0.1, 0.15) is 6.04 Å². The van der Waals surface area contributed by atoms with Crippen LogP contribution in [0.5, 0.6) is 0 Å². The van der Waals surface area contributed by atoms with Gasteiger partial charge < -0.3 is 15.5 Å². The van der Waals surface area contributed by atoms with Gasteiger partial charge in [-0.25, -0.2) is 0 Å². The fraction of sp³-hybridized carbons (Fsp3) is 0.857.